The highest BCUT2D eigenvalue weighted by atomic mass is 19.1. The van der Waals surface area contributed by atoms with E-state index in [2.05, 4.69) is 0 Å². The van der Waals surface area contributed by atoms with E-state index in [9.17, 15) is 9.50 Å². The molecule has 0 aliphatic carbocycles. The minimum atomic E-state index is -0.948. The van der Waals surface area contributed by atoms with Gasteiger partial charge in [-0.1, -0.05) is 6.07 Å². The van der Waals surface area contributed by atoms with Crippen molar-refractivity contribution in [2.75, 3.05) is 0 Å². The first-order chi connectivity index (χ1) is 5.70. The van der Waals surface area contributed by atoms with Crippen molar-refractivity contribution >= 4 is 0 Å². The number of benzene rings is 1. The first kappa shape index (κ1) is 7.71. The van der Waals surface area contributed by atoms with Crippen LogP contribution in [0.4, 0.5) is 4.39 Å². The van der Waals surface area contributed by atoms with Crippen molar-refractivity contribution in [2.45, 2.75) is 19.8 Å². The van der Waals surface area contributed by atoms with Crippen molar-refractivity contribution in [1.82, 2.24) is 0 Å². The normalized spacial score (nSPS) is 21.1. The summed E-state index contributed by atoms with van der Waals surface area (Å²) in [5.41, 5.74) is 1.95. The zero-order chi connectivity index (χ0) is 8.72. The van der Waals surface area contributed by atoms with Gasteiger partial charge in [0, 0.05) is 11.1 Å². The second-order valence-electron chi connectivity index (χ2n) is 2.92. The minimum absolute atomic E-state index is 0.171. The van der Waals surface area contributed by atoms with Crippen LogP contribution in [0.2, 0.25) is 0 Å². The highest BCUT2D eigenvalue weighted by Gasteiger charge is 2.25. The highest BCUT2D eigenvalue weighted by Crippen LogP contribution is 2.32. The Morgan fingerprint density at radius 1 is 1.58 bits per heavy atom. The van der Waals surface area contributed by atoms with Crippen LogP contribution in [-0.4, -0.2) is 5.11 Å². The smallest absolute Gasteiger partial charge is 0.182 e. The summed E-state index contributed by atoms with van der Waals surface area (Å²) < 4.78 is 18.0. The van der Waals surface area contributed by atoms with Crippen molar-refractivity contribution in [1.29, 1.82) is 0 Å². The fraction of sp³-hybridized carbons (Fsp3) is 0.333. The molecule has 0 amide bonds. The third-order valence-corrected chi connectivity index (χ3v) is 2.15. The van der Waals surface area contributed by atoms with Crippen LogP contribution in [0, 0.1) is 12.7 Å². The van der Waals surface area contributed by atoms with E-state index < -0.39 is 6.29 Å². The van der Waals surface area contributed by atoms with E-state index >= 15 is 0 Å². The molecule has 0 spiro atoms. The van der Waals surface area contributed by atoms with Crippen LogP contribution in [0.15, 0.2) is 12.1 Å². The second-order valence-corrected chi connectivity index (χ2v) is 2.92. The van der Waals surface area contributed by atoms with Gasteiger partial charge in [0.2, 0.25) is 0 Å². The molecular weight excluding hydrogens is 159 g/mol. The van der Waals surface area contributed by atoms with Crippen molar-refractivity contribution in [3.05, 3.63) is 34.6 Å². The largest absolute Gasteiger partial charge is 0.364 e. The molecule has 0 radical (unpaired) electrons. The van der Waals surface area contributed by atoms with E-state index in [0.29, 0.717) is 11.1 Å². The number of halogens is 1. The topological polar surface area (TPSA) is 29.5 Å². The van der Waals surface area contributed by atoms with Gasteiger partial charge >= 0.3 is 0 Å². The summed E-state index contributed by atoms with van der Waals surface area (Å²) in [6.45, 7) is 2.00. The van der Waals surface area contributed by atoms with Gasteiger partial charge in [-0.05, 0) is 18.6 Å². The molecule has 0 aromatic heterocycles. The first-order valence-corrected chi connectivity index (χ1v) is 3.77. The maximum absolute atomic E-state index is 13.1. The molecule has 1 aromatic rings. The molecule has 0 bridgehead atoms. The number of aliphatic hydroxyl groups is 1. The van der Waals surface area contributed by atoms with Crippen LogP contribution in [0.3, 0.4) is 0 Å². The van der Waals surface area contributed by atoms with Crippen molar-refractivity contribution < 1.29 is 14.2 Å². The Labute approximate surface area is 69.6 Å². The molecule has 64 valence electrons. The Hall–Kier alpha value is -0.930. The molecule has 1 atom stereocenters. The number of hydrogen-bond acceptors (Lipinski definition) is 2. The summed E-state index contributed by atoms with van der Waals surface area (Å²) in [5.74, 6) is -0.299. The maximum Gasteiger partial charge on any atom is 0.182 e. The number of aliphatic hydroxyl groups excluding tert-OH is 1. The molecular formula is C9H9FO2. The molecule has 2 rings (SSSR count). The Balaban J connectivity index is 2.64. The van der Waals surface area contributed by atoms with E-state index in [1.165, 1.54) is 6.07 Å². The average Bonchev–Trinajstić information content (AvgIpc) is 2.42. The zero-order valence-corrected chi connectivity index (χ0v) is 6.67. The Kier molecular flexibility index (Phi) is 1.63. The molecule has 1 aliphatic heterocycles. The van der Waals surface area contributed by atoms with Crippen molar-refractivity contribution in [2.24, 2.45) is 0 Å². The van der Waals surface area contributed by atoms with E-state index in [1.54, 1.807) is 6.07 Å². The van der Waals surface area contributed by atoms with Crippen LogP contribution in [-0.2, 0) is 11.3 Å². The summed E-state index contributed by atoms with van der Waals surface area (Å²) in [5, 5.41) is 9.30. The molecule has 1 unspecified atom stereocenters. The molecule has 12 heavy (non-hydrogen) atoms. The SMILES string of the molecule is Cc1ccc(F)c2c1C(O)OC2. The van der Waals surface area contributed by atoms with Crippen LogP contribution >= 0.6 is 0 Å². The quantitative estimate of drug-likeness (QED) is 0.638. The number of hydrogen-bond donors (Lipinski definition) is 1. The van der Waals surface area contributed by atoms with Crippen LogP contribution in [0.25, 0.3) is 0 Å². The van der Waals surface area contributed by atoms with Gasteiger partial charge in [0.15, 0.2) is 6.29 Å². The number of aryl methyl sites for hydroxylation is 1. The summed E-state index contributed by atoms with van der Waals surface area (Å²) in [6.07, 6.45) is -0.948. The van der Waals surface area contributed by atoms with E-state index in [0.717, 1.165) is 5.56 Å². The lowest BCUT2D eigenvalue weighted by atomic mass is 10.0. The highest BCUT2D eigenvalue weighted by molar-refractivity contribution is 5.38. The monoisotopic (exact) mass is 168 g/mol. The lowest BCUT2D eigenvalue weighted by Crippen LogP contribution is -1.96. The second kappa shape index (κ2) is 2.54. The maximum atomic E-state index is 13.1. The van der Waals surface area contributed by atoms with Gasteiger partial charge in [-0.2, -0.15) is 0 Å². The zero-order valence-electron chi connectivity index (χ0n) is 6.67. The van der Waals surface area contributed by atoms with Crippen LogP contribution in [0.1, 0.15) is 23.0 Å². The van der Waals surface area contributed by atoms with Gasteiger partial charge in [-0.15, -0.1) is 0 Å². The number of fused-ring (bicyclic) bond motifs is 1. The third kappa shape index (κ3) is 0.940. The predicted octanol–water partition coefficient (Wildman–Crippen LogP) is 1.66. The third-order valence-electron chi connectivity index (χ3n) is 2.15. The van der Waals surface area contributed by atoms with Gasteiger partial charge in [-0.3, -0.25) is 0 Å². The van der Waals surface area contributed by atoms with Crippen LogP contribution < -0.4 is 0 Å². The molecule has 2 nitrogen and oxygen atoms in total. The minimum Gasteiger partial charge on any atom is -0.364 e. The molecule has 1 aromatic carbocycles. The van der Waals surface area contributed by atoms with Gasteiger partial charge in [0.25, 0.3) is 0 Å². The van der Waals surface area contributed by atoms with Crippen molar-refractivity contribution in [3.63, 3.8) is 0 Å². The van der Waals surface area contributed by atoms with E-state index in [1.807, 2.05) is 6.92 Å². The molecule has 0 fully saturated rings. The van der Waals surface area contributed by atoms with Gasteiger partial charge in [-0.25, -0.2) is 4.39 Å². The van der Waals surface area contributed by atoms with Gasteiger partial charge in [0.1, 0.15) is 5.82 Å². The Morgan fingerprint density at radius 3 is 3.00 bits per heavy atom. The summed E-state index contributed by atoms with van der Waals surface area (Å²) >= 11 is 0. The molecule has 3 heteroatoms. The Bertz CT molecular complexity index is 323. The molecule has 0 saturated carbocycles. The standard InChI is InChI=1S/C9H9FO2/c1-5-2-3-7(10)6-4-12-9(11)8(5)6/h2-3,9,11H,4H2,1H3. The number of ether oxygens (including phenoxy) is 1. The van der Waals surface area contributed by atoms with E-state index in [-0.39, 0.29) is 12.4 Å². The lowest BCUT2D eigenvalue weighted by Gasteiger charge is -2.05. The van der Waals surface area contributed by atoms with E-state index in [4.69, 9.17) is 4.74 Å². The first-order valence-electron chi connectivity index (χ1n) is 3.77. The Morgan fingerprint density at radius 2 is 2.33 bits per heavy atom. The molecule has 0 saturated heterocycles. The summed E-state index contributed by atoms with van der Waals surface area (Å²) in [7, 11) is 0. The fourth-order valence-corrected chi connectivity index (χ4v) is 1.49. The van der Waals surface area contributed by atoms with Crippen LogP contribution in [0.5, 0.6) is 0 Å². The van der Waals surface area contributed by atoms with Gasteiger partial charge in [0.05, 0.1) is 6.61 Å². The summed E-state index contributed by atoms with van der Waals surface area (Å²) in [6, 6.07) is 3.04. The average molecular weight is 168 g/mol. The molecule has 1 heterocycles. The molecule has 1 N–H and O–H groups in total. The molecule has 1 aliphatic rings. The fourth-order valence-electron chi connectivity index (χ4n) is 1.49. The van der Waals surface area contributed by atoms with Gasteiger partial charge < -0.3 is 9.84 Å². The number of rotatable bonds is 0. The summed E-state index contributed by atoms with van der Waals surface area (Å²) in [4.78, 5) is 0. The predicted molar refractivity (Wildman–Crippen MR) is 40.9 cm³/mol. The lowest BCUT2D eigenvalue weighted by molar-refractivity contribution is -0.0922. The van der Waals surface area contributed by atoms with Crippen molar-refractivity contribution in [3.8, 4) is 0 Å².